The van der Waals surface area contributed by atoms with Crippen LogP contribution in [0.4, 0.5) is 0 Å². The molecule has 0 aliphatic heterocycles. The van der Waals surface area contributed by atoms with Crippen molar-refractivity contribution in [1.82, 2.24) is 25.5 Å². The number of pyridine rings is 1. The van der Waals surface area contributed by atoms with Gasteiger partial charge in [-0.05, 0) is 12.1 Å². The van der Waals surface area contributed by atoms with E-state index in [0.29, 0.717) is 11.6 Å². The molecule has 0 spiro atoms. The Morgan fingerprint density at radius 3 is 3.12 bits per heavy atom. The Morgan fingerprint density at radius 2 is 2.44 bits per heavy atom. The molecule has 2 rings (SSSR count). The standard InChI is InChI=1S/C10H11N5O/c1-11-9(16)5-8-13-10(15-14-8)7-3-2-4-12-6-7/h2-4,6H,5H2,1H3,(H,11,16)(H,13,14,15). The van der Waals surface area contributed by atoms with Crippen LogP contribution in [0.3, 0.4) is 0 Å². The van der Waals surface area contributed by atoms with Crippen molar-refractivity contribution in [3.05, 3.63) is 30.4 Å². The highest BCUT2D eigenvalue weighted by Crippen LogP contribution is 2.11. The summed E-state index contributed by atoms with van der Waals surface area (Å²) in [5, 5.41) is 9.26. The van der Waals surface area contributed by atoms with Gasteiger partial charge in [0.15, 0.2) is 5.82 Å². The van der Waals surface area contributed by atoms with Crippen molar-refractivity contribution in [3.63, 3.8) is 0 Å². The van der Waals surface area contributed by atoms with E-state index in [1.807, 2.05) is 12.1 Å². The van der Waals surface area contributed by atoms with Gasteiger partial charge in [0.1, 0.15) is 5.82 Å². The fourth-order valence-electron chi connectivity index (χ4n) is 1.24. The first-order valence-electron chi connectivity index (χ1n) is 4.82. The van der Waals surface area contributed by atoms with E-state index in [1.54, 1.807) is 19.4 Å². The van der Waals surface area contributed by atoms with Crippen molar-refractivity contribution in [2.45, 2.75) is 6.42 Å². The Hall–Kier alpha value is -2.24. The number of hydrogen-bond acceptors (Lipinski definition) is 4. The van der Waals surface area contributed by atoms with Crippen LogP contribution in [0.5, 0.6) is 0 Å². The smallest absolute Gasteiger partial charge is 0.227 e. The van der Waals surface area contributed by atoms with Crippen LogP contribution in [0.25, 0.3) is 11.4 Å². The van der Waals surface area contributed by atoms with Gasteiger partial charge in [0.25, 0.3) is 0 Å². The molecule has 0 atom stereocenters. The van der Waals surface area contributed by atoms with Gasteiger partial charge in [0.2, 0.25) is 5.91 Å². The Morgan fingerprint density at radius 1 is 1.56 bits per heavy atom. The molecule has 2 aromatic rings. The molecule has 0 bridgehead atoms. The van der Waals surface area contributed by atoms with E-state index in [-0.39, 0.29) is 12.3 Å². The van der Waals surface area contributed by atoms with Crippen LogP contribution in [0, 0.1) is 0 Å². The average Bonchev–Trinajstić information content (AvgIpc) is 2.78. The van der Waals surface area contributed by atoms with Gasteiger partial charge in [-0.2, -0.15) is 5.10 Å². The number of rotatable bonds is 3. The summed E-state index contributed by atoms with van der Waals surface area (Å²) >= 11 is 0. The maximum atomic E-state index is 11.1. The zero-order valence-corrected chi connectivity index (χ0v) is 8.77. The van der Waals surface area contributed by atoms with Gasteiger partial charge >= 0.3 is 0 Å². The third kappa shape index (κ3) is 2.22. The molecule has 0 saturated heterocycles. The normalized spacial score (nSPS) is 10.1. The molecule has 82 valence electrons. The second-order valence-electron chi connectivity index (χ2n) is 3.20. The lowest BCUT2D eigenvalue weighted by molar-refractivity contribution is -0.120. The Balaban J connectivity index is 2.17. The maximum Gasteiger partial charge on any atom is 0.227 e. The maximum absolute atomic E-state index is 11.1. The average molecular weight is 217 g/mol. The first kappa shape index (κ1) is 10.3. The Kier molecular flexibility index (Phi) is 2.90. The van der Waals surface area contributed by atoms with Crippen LogP contribution in [0.15, 0.2) is 24.5 Å². The van der Waals surface area contributed by atoms with Crippen molar-refractivity contribution in [2.24, 2.45) is 0 Å². The van der Waals surface area contributed by atoms with Gasteiger partial charge in [-0.1, -0.05) is 0 Å². The van der Waals surface area contributed by atoms with Gasteiger partial charge in [-0.3, -0.25) is 14.9 Å². The fraction of sp³-hybridized carbons (Fsp3) is 0.200. The summed E-state index contributed by atoms with van der Waals surface area (Å²) in [6, 6.07) is 3.67. The molecule has 0 aliphatic rings. The highest BCUT2D eigenvalue weighted by molar-refractivity contribution is 5.77. The molecule has 2 heterocycles. The molecule has 0 radical (unpaired) electrons. The van der Waals surface area contributed by atoms with E-state index in [9.17, 15) is 4.79 Å². The second-order valence-corrected chi connectivity index (χ2v) is 3.20. The summed E-state index contributed by atoms with van der Waals surface area (Å²) in [6.45, 7) is 0. The molecule has 2 aromatic heterocycles. The van der Waals surface area contributed by atoms with Crippen LogP contribution < -0.4 is 5.32 Å². The lowest BCUT2D eigenvalue weighted by Crippen LogP contribution is -2.20. The minimum Gasteiger partial charge on any atom is -0.359 e. The highest BCUT2D eigenvalue weighted by atomic mass is 16.1. The number of amides is 1. The predicted octanol–water partition coefficient (Wildman–Crippen LogP) is 0.155. The summed E-state index contributed by atoms with van der Waals surface area (Å²) in [5.74, 6) is 0.985. The summed E-state index contributed by atoms with van der Waals surface area (Å²) in [4.78, 5) is 19.3. The SMILES string of the molecule is CNC(=O)Cc1nc(-c2cccnc2)n[nH]1. The molecule has 16 heavy (non-hydrogen) atoms. The summed E-state index contributed by atoms with van der Waals surface area (Å²) in [7, 11) is 1.58. The highest BCUT2D eigenvalue weighted by Gasteiger charge is 2.08. The van der Waals surface area contributed by atoms with Gasteiger partial charge in [-0.25, -0.2) is 4.98 Å². The number of likely N-dealkylation sites (N-methyl/N-ethyl adjacent to an activating group) is 1. The fourth-order valence-corrected chi connectivity index (χ4v) is 1.24. The first-order chi connectivity index (χ1) is 7.79. The van der Waals surface area contributed by atoms with Crippen molar-refractivity contribution >= 4 is 5.91 Å². The van der Waals surface area contributed by atoms with E-state index in [0.717, 1.165) is 5.56 Å². The van der Waals surface area contributed by atoms with Crippen LogP contribution >= 0.6 is 0 Å². The van der Waals surface area contributed by atoms with Crippen molar-refractivity contribution in [3.8, 4) is 11.4 Å². The number of H-pyrrole nitrogens is 1. The third-order valence-electron chi connectivity index (χ3n) is 2.06. The number of nitrogens with one attached hydrogen (secondary N) is 2. The zero-order chi connectivity index (χ0) is 11.4. The molecule has 0 unspecified atom stereocenters. The van der Waals surface area contributed by atoms with Gasteiger partial charge in [0, 0.05) is 25.0 Å². The first-order valence-corrected chi connectivity index (χ1v) is 4.82. The molecule has 1 amide bonds. The second kappa shape index (κ2) is 4.52. The van der Waals surface area contributed by atoms with Gasteiger partial charge < -0.3 is 5.32 Å². The molecule has 0 fully saturated rings. The number of hydrogen-bond donors (Lipinski definition) is 2. The van der Waals surface area contributed by atoms with E-state index in [2.05, 4.69) is 25.5 Å². The number of nitrogens with zero attached hydrogens (tertiary/aromatic N) is 3. The molecule has 6 nitrogen and oxygen atoms in total. The van der Waals surface area contributed by atoms with Gasteiger partial charge in [-0.15, -0.1) is 0 Å². The van der Waals surface area contributed by atoms with E-state index >= 15 is 0 Å². The van der Waals surface area contributed by atoms with Crippen LogP contribution in [-0.4, -0.2) is 33.1 Å². The number of aromatic amines is 1. The number of carbonyl (C=O) groups excluding carboxylic acids is 1. The van der Waals surface area contributed by atoms with Crippen molar-refractivity contribution in [1.29, 1.82) is 0 Å². The molecular weight excluding hydrogens is 206 g/mol. The van der Waals surface area contributed by atoms with E-state index < -0.39 is 0 Å². The number of carbonyl (C=O) groups is 1. The summed E-state index contributed by atoms with van der Waals surface area (Å²) in [5.41, 5.74) is 0.821. The van der Waals surface area contributed by atoms with Crippen LogP contribution in [0.2, 0.25) is 0 Å². The summed E-state index contributed by atoms with van der Waals surface area (Å²) < 4.78 is 0. The Labute approximate surface area is 92.1 Å². The van der Waals surface area contributed by atoms with Crippen molar-refractivity contribution in [2.75, 3.05) is 7.05 Å². The number of aromatic nitrogens is 4. The van der Waals surface area contributed by atoms with Crippen molar-refractivity contribution < 1.29 is 4.79 Å². The third-order valence-corrected chi connectivity index (χ3v) is 2.06. The lowest BCUT2D eigenvalue weighted by Gasteiger charge is -1.94. The Bertz CT molecular complexity index is 479. The molecule has 0 aliphatic carbocycles. The molecule has 6 heteroatoms. The summed E-state index contributed by atoms with van der Waals surface area (Å²) in [6.07, 6.45) is 3.55. The predicted molar refractivity (Wildman–Crippen MR) is 57.4 cm³/mol. The topological polar surface area (TPSA) is 83.6 Å². The zero-order valence-electron chi connectivity index (χ0n) is 8.77. The molecule has 0 aromatic carbocycles. The van der Waals surface area contributed by atoms with E-state index in [4.69, 9.17) is 0 Å². The van der Waals surface area contributed by atoms with Gasteiger partial charge in [0.05, 0.1) is 6.42 Å². The molecular formula is C10H11N5O. The minimum absolute atomic E-state index is 0.103. The minimum atomic E-state index is -0.103. The molecule has 0 saturated carbocycles. The van der Waals surface area contributed by atoms with Crippen LogP contribution in [0.1, 0.15) is 5.82 Å². The quantitative estimate of drug-likeness (QED) is 0.766. The van der Waals surface area contributed by atoms with E-state index in [1.165, 1.54) is 0 Å². The monoisotopic (exact) mass is 217 g/mol. The molecule has 2 N–H and O–H groups in total. The largest absolute Gasteiger partial charge is 0.359 e. The van der Waals surface area contributed by atoms with Crippen LogP contribution in [-0.2, 0) is 11.2 Å². The lowest BCUT2D eigenvalue weighted by atomic mass is 10.3.